The van der Waals surface area contributed by atoms with Crippen molar-refractivity contribution in [2.75, 3.05) is 13.1 Å². The Kier molecular flexibility index (Phi) is 7.20. The number of amides is 1. The Balaban J connectivity index is 1.67. The summed E-state index contributed by atoms with van der Waals surface area (Å²) in [6.07, 6.45) is -0.884. The minimum Gasteiger partial charge on any atom is -0.374 e. The van der Waals surface area contributed by atoms with Gasteiger partial charge in [0.1, 0.15) is 5.82 Å². The maximum atomic E-state index is 13.6. The first-order chi connectivity index (χ1) is 15.4. The molecule has 2 aromatic rings. The van der Waals surface area contributed by atoms with Crippen molar-refractivity contribution in [1.29, 1.82) is 0 Å². The lowest BCUT2D eigenvalue weighted by Crippen LogP contribution is -2.46. The maximum Gasteiger partial charge on any atom is 0.424 e. The lowest BCUT2D eigenvalue weighted by atomic mass is 9.97. The predicted molar refractivity (Wildman–Crippen MR) is 114 cm³/mol. The second-order valence-electron chi connectivity index (χ2n) is 8.21. The summed E-state index contributed by atoms with van der Waals surface area (Å²) in [4.78, 5) is 16.0. The summed E-state index contributed by atoms with van der Waals surface area (Å²) in [6, 6.07) is 5.13. The number of hydrogen-bond acceptors (Lipinski definition) is 5. The van der Waals surface area contributed by atoms with Crippen molar-refractivity contribution in [3.05, 3.63) is 48.0 Å². The SMILES string of the molecule is C[C@@H]1CCCCN1S(=O)(=O)c1ccc(C(=O)NCC[C@@](O)(c2nccn2C)C(F)(F)F)cc1. The number of carbonyl (C=O) groups is 1. The molecule has 0 saturated carbocycles. The standard InChI is InChI=1S/C21H27F3N4O4S/c1-15-5-3-4-13-28(15)33(31,32)17-8-6-16(7-9-17)18(29)25-11-10-20(30,21(22,23)24)19-26-12-14-27(19)2/h6-9,12,14-15,30H,3-5,10-11,13H2,1-2H3,(H,25,29)/t15-,20-/m1/s1. The number of aliphatic hydroxyl groups is 1. The normalized spacial score (nSPS) is 19.8. The fraction of sp³-hybridized carbons (Fsp3) is 0.524. The number of benzene rings is 1. The number of rotatable bonds is 7. The summed E-state index contributed by atoms with van der Waals surface area (Å²) in [5, 5.41) is 12.7. The molecule has 2 atom stereocenters. The lowest BCUT2D eigenvalue weighted by Gasteiger charge is -2.32. The van der Waals surface area contributed by atoms with E-state index in [4.69, 9.17) is 0 Å². The zero-order chi connectivity index (χ0) is 24.4. The number of piperidine rings is 1. The van der Waals surface area contributed by atoms with E-state index in [1.54, 1.807) is 0 Å². The molecular formula is C21H27F3N4O4S. The third-order valence-electron chi connectivity index (χ3n) is 5.90. The molecule has 12 heteroatoms. The highest BCUT2D eigenvalue weighted by atomic mass is 32.2. The van der Waals surface area contributed by atoms with Gasteiger partial charge in [0, 0.05) is 50.6 Å². The molecule has 1 fully saturated rings. The van der Waals surface area contributed by atoms with Crippen LogP contribution in [0.1, 0.15) is 48.8 Å². The van der Waals surface area contributed by atoms with Crippen LogP contribution in [-0.2, 0) is 22.7 Å². The van der Waals surface area contributed by atoms with Crippen LogP contribution in [0, 0.1) is 0 Å². The lowest BCUT2D eigenvalue weighted by molar-refractivity contribution is -0.272. The van der Waals surface area contributed by atoms with Gasteiger partial charge in [0.25, 0.3) is 5.91 Å². The summed E-state index contributed by atoms with van der Waals surface area (Å²) in [7, 11) is -2.37. The van der Waals surface area contributed by atoms with E-state index in [1.165, 1.54) is 41.8 Å². The van der Waals surface area contributed by atoms with Crippen LogP contribution in [0.5, 0.6) is 0 Å². The number of sulfonamides is 1. The summed E-state index contributed by atoms with van der Waals surface area (Å²) in [5.74, 6) is -1.26. The van der Waals surface area contributed by atoms with Crippen molar-refractivity contribution < 1.29 is 31.5 Å². The first-order valence-corrected chi connectivity index (χ1v) is 12.0. The van der Waals surface area contributed by atoms with Gasteiger partial charge >= 0.3 is 6.18 Å². The van der Waals surface area contributed by atoms with E-state index < -0.39 is 46.5 Å². The molecule has 1 aliphatic rings. The van der Waals surface area contributed by atoms with Gasteiger partial charge in [-0.3, -0.25) is 4.79 Å². The van der Waals surface area contributed by atoms with Crippen molar-refractivity contribution in [2.45, 2.75) is 55.3 Å². The molecule has 0 radical (unpaired) electrons. The highest BCUT2D eigenvalue weighted by Gasteiger charge is 2.57. The number of alkyl halides is 3. The molecule has 0 spiro atoms. The first-order valence-electron chi connectivity index (χ1n) is 10.5. The molecule has 1 aromatic heterocycles. The fourth-order valence-electron chi connectivity index (χ4n) is 3.95. The Morgan fingerprint density at radius 3 is 2.45 bits per heavy atom. The molecule has 2 heterocycles. The predicted octanol–water partition coefficient (Wildman–Crippen LogP) is 2.55. The van der Waals surface area contributed by atoms with Crippen LogP contribution in [0.15, 0.2) is 41.6 Å². The van der Waals surface area contributed by atoms with Crippen LogP contribution < -0.4 is 5.32 Å². The fourth-order valence-corrected chi connectivity index (χ4v) is 5.65. The quantitative estimate of drug-likeness (QED) is 0.623. The Morgan fingerprint density at radius 2 is 1.91 bits per heavy atom. The molecule has 1 amide bonds. The van der Waals surface area contributed by atoms with Crippen LogP contribution in [0.25, 0.3) is 0 Å². The molecule has 1 saturated heterocycles. The van der Waals surface area contributed by atoms with Crippen LogP contribution in [0.2, 0.25) is 0 Å². The average Bonchev–Trinajstić information content (AvgIpc) is 3.19. The Bertz CT molecular complexity index is 1090. The summed E-state index contributed by atoms with van der Waals surface area (Å²) >= 11 is 0. The van der Waals surface area contributed by atoms with Crippen molar-refractivity contribution in [1.82, 2.24) is 19.2 Å². The molecule has 0 aliphatic carbocycles. The van der Waals surface area contributed by atoms with Crippen LogP contribution in [0.3, 0.4) is 0 Å². The van der Waals surface area contributed by atoms with Crippen LogP contribution >= 0.6 is 0 Å². The molecule has 182 valence electrons. The monoisotopic (exact) mass is 488 g/mol. The smallest absolute Gasteiger partial charge is 0.374 e. The topological polar surface area (TPSA) is 105 Å². The van der Waals surface area contributed by atoms with Gasteiger partial charge in [-0.05, 0) is 44.0 Å². The number of aryl methyl sites for hydroxylation is 1. The molecule has 1 aromatic carbocycles. The van der Waals surface area contributed by atoms with Gasteiger partial charge in [-0.15, -0.1) is 0 Å². The molecule has 33 heavy (non-hydrogen) atoms. The van der Waals surface area contributed by atoms with Crippen LogP contribution in [0.4, 0.5) is 13.2 Å². The molecular weight excluding hydrogens is 461 g/mol. The zero-order valence-electron chi connectivity index (χ0n) is 18.3. The van der Waals surface area contributed by atoms with Gasteiger partial charge < -0.3 is 15.0 Å². The van der Waals surface area contributed by atoms with Gasteiger partial charge in [-0.25, -0.2) is 13.4 Å². The minimum absolute atomic E-state index is 0.0500. The Morgan fingerprint density at radius 1 is 1.24 bits per heavy atom. The molecule has 0 unspecified atom stereocenters. The summed E-state index contributed by atoms with van der Waals surface area (Å²) in [5.41, 5.74) is -3.14. The molecule has 1 aliphatic heterocycles. The number of nitrogens with zero attached hydrogens (tertiary/aromatic N) is 3. The summed E-state index contributed by atoms with van der Waals surface area (Å²) < 4.78 is 68.9. The number of hydrogen-bond donors (Lipinski definition) is 2. The highest BCUT2D eigenvalue weighted by molar-refractivity contribution is 7.89. The summed E-state index contributed by atoms with van der Waals surface area (Å²) in [6.45, 7) is 1.81. The molecule has 0 bridgehead atoms. The van der Waals surface area contributed by atoms with Gasteiger partial charge in [-0.2, -0.15) is 17.5 Å². The van der Waals surface area contributed by atoms with Crippen molar-refractivity contribution >= 4 is 15.9 Å². The third kappa shape index (κ3) is 5.07. The van der Waals surface area contributed by atoms with Gasteiger partial charge in [0.2, 0.25) is 15.6 Å². The molecule has 2 N–H and O–H groups in total. The zero-order valence-corrected chi connectivity index (χ0v) is 19.2. The number of imidazole rings is 1. The van der Waals surface area contributed by atoms with Gasteiger partial charge in [0.05, 0.1) is 4.90 Å². The second kappa shape index (κ2) is 9.43. The second-order valence-corrected chi connectivity index (χ2v) is 10.1. The number of halogens is 3. The van der Waals surface area contributed by atoms with E-state index in [1.807, 2.05) is 6.92 Å². The molecule has 8 nitrogen and oxygen atoms in total. The van der Waals surface area contributed by atoms with Crippen molar-refractivity contribution in [2.24, 2.45) is 7.05 Å². The largest absolute Gasteiger partial charge is 0.424 e. The Labute approximate surface area is 190 Å². The van der Waals surface area contributed by atoms with Gasteiger partial charge in [-0.1, -0.05) is 6.42 Å². The number of nitrogens with one attached hydrogen (secondary N) is 1. The van der Waals surface area contributed by atoms with E-state index >= 15 is 0 Å². The van der Waals surface area contributed by atoms with Crippen LogP contribution in [-0.4, -0.2) is 58.6 Å². The maximum absolute atomic E-state index is 13.6. The highest BCUT2D eigenvalue weighted by Crippen LogP contribution is 2.40. The number of aromatic nitrogens is 2. The third-order valence-corrected chi connectivity index (χ3v) is 7.93. The van der Waals surface area contributed by atoms with Crippen molar-refractivity contribution in [3.63, 3.8) is 0 Å². The van der Waals surface area contributed by atoms with E-state index in [9.17, 15) is 31.5 Å². The van der Waals surface area contributed by atoms with E-state index in [0.29, 0.717) is 6.54 Å². The van der Waals surface area contributed by atoms with E-state index in [2.05, 4.69) is 10.3 Å². The van der Waals surface area contributed by atoms with E-state index in [0.717, 1.165) is 30.0 Å². The first kappa shape index (κ1) is 25.2. The Hall–Kier alpha value is -2.44. The average molecular weight is 489 g/mol. The van der Waals surface area contributed by atoms with Gasteiger partial charge in [0.15, 0.2) is 0 Å². The van der Waals surface area contributed by atoms with Crippen molar-refractivity contribution in [3.8, 4) is 0 Å². The minimum atomic E-state index is -5.00. The van der Waals surface area contributed by atoms with E-state index in [-0.39, 0.29) is 16.5 Å². The molecule has 3 rings (SSSR count). The number of carbonyl (C=O) groups excluding carboxylic acids is 1.